The molecule has 1 rings (SSSR count). The second kappa shape index (κ2) is 5.49. The van der Waals surface area contributed by atoms with Gasteiger partial charge in [0.25, 0.3) is 0 Å². The molecule has 0 aliphatic heterocycles. The predicted molar refractivity (Wildman–Crippen MR) is 55.4 cm³/mol. The smallest absolute Gasteiger partial charge is 0.0541 e. The van der Waals surface area contributed by atoms with Crippen LogP contribution in [-0.2, 0) is 6.54 Å². The van der Waals surface area contributed by atoms with E-state index in [0.29, 0.717) is 0 Å². The first-order valence-electron chi connectivity index (χ1n) is 4.60. The number of nitrogens with one attached hydrogen (secondary N) is 1. The van der Waals surface area contributed by atoms with Crippen molar-refractivity contribution < 1.29 is 0 Å². The molecule has 1 heterocycles. The summed E-state index contributed by atoms with van der Waals surface area (Å²) in [6.07, 6.45) is 2.85. The molecule has 0 amide bonds. The Morgan fingerprint density at radius 3 is 3.00 bits per heavy atom. The monoisotopic (exact) mass is 176 g/mol. The maximum Gasteiger partial charge on any atom is 0.0541 e. The number of hydrogen-bond donors (Lipinski definition) is 1. The van der Waals surface area contributed by atoms with E-state index in [9.17, 15) is 0 Å². The first-order valence-corrected chi connectivity index (χ1v) is 4.60. The van der Waals surface area contributed by atoms with Crippen LogP contribution in [-0.4, -0.2) is 11.5 Å². The molecule has 1 aromatic rings. The molecule has 2 nitrogen and oxygen atoms in total. The molecule has 0 bridgehead atoms. The van der Waals surface area contributed by atoms with Crippen LogP contribution in [0.4, 0.5) is 0 Å². The zero-order valence-electron chi connectivity index (χ0n) is 8.09. The summed E-state index contributed by atoms with van der Waals surface area (Å²) in [6.45, 7) is 7.74. The van der Waals surface area contributed by atoms with Gasteiger partial charge in [-0.25, -0.2) is 0 Å². The molecule has 0 fully saturated rings. The molecule has 1 N–H and O–H groups in total. The van der Waals surface area contributed by atoms with Gasteiger partial charge in [-0.2, -0.15) is 0 Å². The Morgan fingerprint density at radius 1 is 1.54 bits per heavy atom. The van der Waals surface area contributed by atoms with Gasteiger partial charge in [0.05, 0.1) is 5.69 Å². The van der Waals surface area contributed by atoms with E-state index in [4.69, 9.17) is 0 Å². The zero-order chi connectivity index (χ0) is 9.52. The lowest BCUT2D eigenvalue weighted by atomic mass is 10.2. The summed E-state index contributed by atoms with van der Waals surface area (Å²) in [7, 11) is 0. The van der Waals surface area contributed by atoms with Gasteiger partial charge in [-0.1, -0.05) is 25.1 Å². The Hall–Kier alpha value is -1.15. The molecule has 0 radical (unpaired) electrons. The average Bonchev–Trinajstić information content (AvgIpc) is 2.19. The highest BCUT2D eigenvalue weighted by Crippen LogP contribution is 1.95. The van der Waals surface area contributed by atoms with Crippen molar-refractivity contribution in [2.75, 3.05) is 6.54 Å². The predicted octanol–water partition coefficient (Wildman–Crippen LogP) is 2.14. The van der Waals surface area contributed by atoms with Crippen molar-refractivity contribution in [1.29, 1.82) is 0 Å². The third-order valence-electron chi connectivity index (χ3n) is 1.91. The van der Waals surface area contributed by atoms with Crippen molar-refractivity contribution in [3.8, 4) is 0 Å². The number of rotatable bonds is 5. The van der Waals surface area contributed by atoms with Gasteiger partial charge in [0.2, 0.25) is 0 Å². The molecule has 0 saturated carbocycles. The molecule has 0 spiro atoms. The Bertz CT molecular complexity index is 254. The highest BCUT2D eigenvalue weighted by atomic mass is 14.9. The molecule has 70 valence electrons. The molecular formula is C11H16N2. The van der Waals surface area contributed by atoms with E-state index in [1.54, 1.807) is 0 Å². The summed E-state index contributed by atoms with van der Waals surface area (Å²) < 4.78 is 0. The number of nitrogens with zero attached hydrogens (tertiary/aromatic N) is 1. The van der Waals surface area contributed by atoms with Crippen LogP contribution in [0.3, 0.4) is 0 Å². The van der Waals surface area contributed by atoms with E-state index in [-0.39, 0.29) is 0 Å². The van der Waals surface area contributed by atoms with Gasteiger partial charge in [-0.05, 0) is 18.6 Å². The van der Waals surface area contributed by atoms with E-state index in [1.807, 2.05) is 24.4 Å². The Morgan fingerprint density at radius 2 is 2.38 bits per heavy atom. The normalized spacial score (nSPS) is 9.92. The average molecular weight is 176 g/mol. The number of aromatic nitrogens is 1. The largest absolute Gasteiger partial charge is 0.307 e. The topological polar surface area (TPSA) is 24.9 Å². The standard InChI is InChI=1S/C11H16N2/c1-3-10(2)8-12-9-11-6-4-5-7-13-11/h4-7,12H,2-3,8-9H2,1H3. The van der Waals surface area contributed by atoms with Crippen molar-refractivity contribution in [3.05, 3.63) is 42.2 Å². The lowest BCUT2D eigenvalue weighted by Gasteiger charge is -2.04. The molecule has 0 unspecified atom stereocenters. The third kappa shape index (κ3) is 3.85. The zero-order valence-corrected chi connectivity index (χ0v) is 8.09. The van der Waals surface area contributed by atoms with E-state index < -0.39 is 0 Å². The Balaban J connectivity index is 2.24. The van der Waals surface area contributed by atoms with Crippen LogP contribution >= 0.6 is 0 Å². The highest BCUT2D eigenvalue weighted by Gasteiger charge is 1.92. The van der Waals surface area contributed by atoms with Gasteiger partial charge in [-0.15, -0.1) is 0 Å². The van der Waals surface area contributed by atoms with Crippen LogP contribution in [0.5, 0.6) is 0 Å². The minimum atomic E-state index is 0.819. The summed E-state index contributed by atoms with van der Waals surface area (Å²) in [4.78, 5) is 4.21. The molecule has 1 aromatic heterocycles. The Kier molecular flexibility index (Phi) is 4.19. The van der Waals surface area contributed by atoms with E-state index >= 15 is 0 Å². The molecule has 0 aliphatic rings. The summed E-state index contributed by atoms with van der Waals surface area (Å²) in [5, 5.41) is 3.29. The number of hydrogen-bond acceptors (Lipinski definition) is 2. The van der Waals surface area contributed by atoms with Gasteiger partial charge in [-0.3, -0.25) is 4.98 Å². The second-order valence-electron chi connectivity index (χ2n) is 3.03. The van der Waals surface area contributed by atoms with E-state index in [2.05, 4.69) is 23.8 Å². The molecule has 0 saturated heterocycles. The first kappa shape index (κ1) is 9.93. The fourth-order valence-corrected chi connectivity index (χ4v) is 0.995. The first-order chi connectivity index (χ1) is 6.33. The number of pyridine rings is 1. The van der Waals surface area contributed by atoms with E-state index in [0.717, 1.165) is 25.2 Å². The van der Waals surface area contributed by atoms with Crippen LogP contribution in [0.25, 0.3) is 0 Å². The molecule has 0 atom stereocenters. The highest BCUT2D eigenvalue weighted by molar-refractivity contribution is 5.04. The SMILES string of the molecule is C=C(CC)CNCc1ccccn1. The van der Waals surface area contributed by atoms with Crippen LogP contribution in [0.15, 0.2) is 36.5 Å². The van der Waals surface area contributed by atoms with Gasteiger partial charge in [0, 0.05) is 19.3 Å². The maximum atomic E-state index is 4.21. The van der Waals surface area contributed by atoms with Crippen molar-refractivity contribution in [2.24, 2.45) is 0 Å². The van der Waals surface area contributed by atoms with Gasteiger partial charge < -0.3 is 5.32 Å². The van der Waals surface area contributed by atoms with Crippen LogP contribution in [0.2, 0.25) is 0 Å². The fraction of sp³-hybridized carbons (Fsp3) is 0.364. The molecule has 2 heteroatoms. The summed E-state index contributed by atoms with van der Waals surface area (Å²) in [5.74, 6) is 0. The van der Waals surface area contributed by atoms with E-state index in [1.165, 1.54) is 5.57 Å². The second-order valence-corrected chi connectivity index (χ2v) is 3.03. The molecule has 0 aliphatic carbocycles. The summed E-state index contributed by atoms with van der Waals surface area (Å²) in [6, 6.07) is 5.94. The van der Waals surface area contributed by atoms with Crippen LogP contribution in [0.1, 0.15) is 19.0 Å². The van der Waals surface area contributed by atoms with Crippen LogP contribution in [0, 0.1) is 0 Å². The molecule has 0 aromatic carbocycles. The van der Waals surface area contributed by atoms with Gasteiger partial charge >= 0.3 is 0 Å². The summed E-state index contributed by atoms with van der Waals surface area (Å²) in [5.41, 5.74) is 2.31. The van der Waals surface area contributed by atoms with Gasteiger partial charge in [0.1, 0.15) is 0 Å². The third-order valence-corrected chi connectivity index (χ3v) is 1.91. The lowest BCUT2D eigenvalue weighted by molar-refractivity contribution is 0.712. The molecule has 13 heavy (non-hydrogen) atoms. The van der Waals surface area contributed by atoms with Crippen molar-refractivity contribution in [3.63, 3.8) is 0 Å². The molecular weight excluding hydrogens is 160 g/mol. The Labute approximate surface area is 79.7 Å². The van der Waals surface area contributed by atoms with Crippen molar-refractivity contribution in [2.45, 2.75) is 19.9 Å². The van der Waals surface area contributed by atoms with Crippen molar-refractivity contribution in [1.82, 2.24) is 10.3 Å². The quantitative estimate of drug-likeness (QED) is 0.695. The summed E-state index contributed by atoms with van der Waals surface area (Å²) >= 11 is 0. The fourth-order valence-electron chi connectivity index (χ4n) is 0.995. The van der Waals surface area contributed by atoms with Gasteiger partial charge in [0.15, 0.2) is 0 Å². The van der Waals surface area contributed by atoms with Crippen LogP contribution < -0.4 is 5.32 Å². The lowest BCUT2D eigenvalue weighted by Crippen LogP contribution is -2.16. The maximum absolute atomic E-state index is 4.21. The minimum absolute atomic E-state index is 0.819. The van der Waals surface area contributed by atoms with Crippen molar-refractivity contribution >= 4 is 0 Å². The minimum Gasteiger partial charge on any atom is -0.307 e.